The number of fused-ring (bicyclic) bond motifs is 1. The molecule has 2 aromatic heterocycles. The van der Waals surface area contributed by atoms with Gasteiger partial charge in [0.05, 0.1) is 33.1 Å². The highest BCUT2D eigenvalue weighted by Crippen LogP contribution is 2.30. The Morgan fingerprint density at radius 3 is 2.49 bits per heavy atom. The molecule has 35 heavy (non-hydrogen) atoms. The average Bonchev–Trinajstić information content (AvgIpc) is 3.48. The van der Waals surface area contributed by atoms with Crippen molar-refractivity contribution < 1.29 is 9.59 Å². The van der Waals surface area contributed by atoms with Crippen LogP contribution in [0, 0.1) is 0 Å². The topological polar surface area (TPSA) is 122 Å². The monoisotopic (exact) mass is 512 g/mol. The lowest BCUT2D eigenvalue weighted by Crippen LogP contribution is -2.44. The summed E-state index contributed by atoms with van der Waals surface area (Å²) in [6.45, 7) is 3.91. The number of anilines is 3. The zero-order valence-electron chi connectivity index (χ0n) is 18.7. The Balaban J connectivity index is 1.32. The first-order valence-corrected chi connectivity index (χ1v) is 11.7. The van der Waals surface area contributed by atoms with Crippen LogP contribution in [0.25, 0.3) is 11.0 Å². The van der Waals surface area contributed by atoms with Gasteiger partial charge in [-0.15, -0.1) is 0 Å². The summed E-state index contributed by atoms with van der Waals surface area (Å²) in [7, 11) is 2.12. The maximum absolute atomic E-state index is 12.9. The fraction of sp³-hybridized carbons (Fsp3) is 0.217. The first-order chi connectivity index (χ1) is 16.9. The summed E-state index contributed by atoms with van der Waals surface area (Å²) in [4.78, 5) is 44.6. The van der Waals surface area contributed by atoms with Crippen molar-refractivity contribution in [1.82, 2.24) is 24.8 Å². The standard InChI is InChI=1S/C23H22Cl2N8O2/c1-32-7-9-33(10-8-32)13-5-6-16-17(11-13)29-23(28-16)31-22(35)20-19(26-12-27-20)21(34)30-18-14(24)3-2-4-15(18)25/h2-6,11-12H,7-10H2,1H3,(H,26,27)(H,30,34)(H2,28,29,31,35). The van der Waals surface area contributed by atoms with Gasteiger partial charge in [-0.05, 0) is 37.4 Å². The molecule has 1 saturated heterocycles. The number of hydrogen-bond acceptors (Lipinski definition) is 6. The fourth-order valence-corrected chi connectivity index (χ4v) is 4.41. The summed E-state index contributed by atoms with van der Waals surface area (Å²) in [5, 5.41) is 5.83. The molecule has 0 atom stereocenters. The number of likely N-dealkylation sites (N-methyl/N-ethyl adjacent to an activating group) is 1. The first-order valence-electron chi connectivity index (χ1n) is 10.9. The van der Waals surface area contributed by atoms with Gasteiger partial charge in [0.1, 0.15) is 5.69 Å². The minimum Gasteiger partial charge on any atom is -0.369 e. The van der Waals surface area contributed by atoms with E-state index in [4.69, 9.17) is 23.2 Å². The smallest absolute Gasteiger partial charge is 0.276 e. The highest BCUT2D eigenvalue weighted by molar-refractivity contribution is 6.40. The number of benzene rings is 2. The highest BCUT2D eigenvalue weighted by atomic mass is 35.5. The molecule has 0 aliphatic carbocycles. The maximum atomic E-state index is 12.9. The van der Waals surface area contributed by atoms with Crippen molar-refractivity contribution in [2.24, 2.45) is 0 Å². The van der Waals surface area contributed by atoms with Gasteiger partial charge in [-0.2, -0.15) is 0 Å². The second-order valence-electron chi connectivity index (χ2n) is 8.21. The van der Waals surface area contributed by atoms with Gasteiger partial charge in [0.25, 0.3) is 11.8 Å². The molecule has 2 amide bonds. The number of amides is 2. The quantitative estimate of drug-likeness (QED) is 0.322. The van der Waals surface area contributed by atoms with Crippen LogP contribution in [0.4, 0.5) is 17.3 Å². The molecule has 12 heteroatoms. The van der Waals surface area contributed by atoms with Crippen molar-refractivity contribution >= 4 is 63.4 Å². The number of nitrogens with one attached hydrogen (secondary N) is 4. The van der Waals surface area contributed by atoms with E-state index in [1.807, 2.05) is 18.2 Å². The number of halogens is 2. The Morgan fingerprint density at radius 2 is 1.74 bits per heavy atom. The van der Waals surface area contributed by atoms with Gasteiger partial charge >= 0.3 is 0 Å². The molecule has 3 heterocycles. The molecular formula is C23H22Cl2N8O2. The zero-order valence-corrected chi connectivity index (χ0v) is 20.2. The van der Waals surface area contributed by atoms with Crippen molar-refractivity contribution in [2.45, 2.75) is 0 Å². The number of aromatic amines is 2. The molecule has 2 aromatic carbocycles. The minimum atomic E-state index is -0.632. The molecule has 1 aliphatic heterocycles. The Hall–Kier alpha value is -3.60. The summed E-state index contributed by atoms with van der Waals surface area (Å²) in [6.07, 6.45) is 1.26. The van der Waals surface area contributed by atoms with Crippen LogP contribution < -0.4 is 15.5 Å². The molecule has 180 valence electrons. The van der Waals surface area contributed by atoms with Crippen molar-refractivity contribution in [1.29, 1.82) is 0 Å². The Bertz CT molecular complexity index is 1390. The van der Waals surface area contributed by atoms with Crippen LogP contribution in [0.2, 0.25) is 10.0 Å². The number of piperazine rings is 1. The third kappa shape index (κ3) is 4.81. The summed E-state index contributed by atoms with van der Waals surface area (Å²) >= 11 is 12.3. The van der Waals surface area contributed by atoms with Crippen LogP contribution >= 0.6 is 23.2 Å². The van der Waals surface area contributed by atoms with Crippen molar-refractivity contribution in [3.8, 4) is 0 Å². The van der Waals surface area contributed by atoms with E-state index in [1.54, 1.807) is 18.2 Å². The largest absolute Gasteiger partial charge is 0.369 e. The van der Waals surface area contributed by atoms with Crippen LogP contribution in [0.1, 0.15) is 21.0 Å². The molecule has 1 fully saturated rings. The first kappa shape index (κ1) is 23.2. The number of rotatable bonds is 5. The summed E-state index contributed by atoms with van der Waals surface area (Å²) in [6, 6.07) is 10.8. The van der Waals surface area contributed by atoms with E-state index >= 15 is 0 Å². The molecule has 0 spiro atoms. The van der Waals surface area contributed by atoms with Crippen molar-refractivity contribution in [2.75, 3.05) is 48.8 Å². The molecule has 0 saturated carbocycles. The lowest BCUT2D eigenvalue weighted by molar-refractivity contribution is 0.0985. The highest BCUT2D eigenvalue weighted by Gasteiger charge is 2.23. The second kappa shape index (κ2) is 9.57. The van der Waals surface area contributed by atoms with Crippen molar-refractivity contribution in [3.63, 3.8) is 0 Å². The molecule has 0 radical (unpaired) electrons. The third-order valence-electron chi connectivity index (χ3n) is 5.85. The van der Waals surface area contributed by atoms with Gasteiger partial charge in [0.2, 0.25) is 5.95 Å². The Morgan fingerprint density at radius 1 is 1.00 bits per heavy atom. The van der Waals surface area contributed by atoms with Crippen LogP contribution in [-0.2, 0) is 0 Å². The molecule has 0 bridgehead atoms. The van der Waals surface area contributed by atoms with E-state index in [-0.39, 0.29) is 33.1 Å². The number of aromatic nitrogens is 4. The Labute approximate surface area is 210 Å². The van der Waals surface area contributed by atoms with Gasteiger partial charge in [-0.3, -0.25) is 14.9 Å². The van der Waals surface area contributed by atoms with E-state index in [1.165, 1.54) is 6.33 Å². The van der Waals surface area contributed by atoms with Gasteiger partial charge in [-0.1, -0.05) is 29.3 Å². The van der Waals surface area contributed by atoms with Crippen molar-refractivity contribution in [3.05, 3.63) is 64.2 Å². The van der Waals surface area contributed by atoms with E-state index in [0.29, 0.717) is 5.52 Å². The SMILES string of the molecule is CN1CCN(c2ccc3nc(NC(=O)c4[nH]cnc4C(=O)Nc4c(Cl)cccc4Cl)[nH]c3c2)CC1. The predicted molar refractivity (Wildman–Crippen MR) is 137 cm³/mol. The molecule has 10 nitrogen and oxygen atoms in total. The number of carbonyl (C=O) groups is 2. The second-order valence-corrected chi connectivity index (χ2v) is 9.02. The number of para-hydroxylation sites is 1. The van der Waals surface area contributed by atoms with Gasteiger partial charge in [0, 0.05) is 31.9 Å². The fourth-order valence-electron chi connectivity index (χ4n) is 3.92. The lowest BCUT2D eigenvalue weighted by atomic mass is 10.2. The number of imidazole rings is 2. The molecular weight excluding hydrogens is 491 g/mol. The summed E-state index contributed by atoms with van der Waals surface area (Å²) in [5.41, 5.74) is 2.72. The van der Waals surface area contributed by atoms with Gasteiger partial charge < -0.3 is 25.1 Å². The molecule has 4 aromatic rings. The van der Waals surface area contributed by atoms with Crippen LogP contribution in [-0.4, -0.2) is 69.9 Å². The lowest BCUT2D eigenvalue weighted by Gasteiger charge is -2.34. The van der Waals surface area contributed by atoms with Gasteiger partial charge in [-0.25, -0.2) is 9.97 Å². The van der Waals surface area contributed by atoms with E-state index in [0.717, 1.165) is 37.4 Å². The van der Waals surface area contributed by atoms with Crippen LogP contribution in [0.15, 0.2) is 42.7 Å². The normalized spacial score (nSPS) is 14.3. The maximum Gasteiger partial charge on any atom is 0.276 e. The van der Waals surface area contributed by atoms with E-state index in [2.05, 4.69) is 47.4 Å². The Kier molecular flexibility index (Phi) is 6.33. The number of nitrogens with zero attached hydrogens (tertiary/aromatic N) is 4. The summed E-state index contributed by atoms with van der Waals surface area (Å²) < 4.78 is 0. The van der Waals surface area contributed by atoms with Crippen LogP contribution in [0.3, 0.4) is 0 Å². The molecule has 1 aliphatic rings. The number of hydrogen-bond donors (Lipinski definition) is 4. The molecule has 5 rings (SSSR count). The van der Waals surface area contributed by atoms with E-state index < -0.39 is 11.8 Å². The predicted octanol–water partition coefficient (Wildman–Crippen LogP) is 3.85. The minimum absolute atomic E-state index is 0.0238. The molecule has 4 N–H and O–H groups in total. The zero-order chi connectivity index (χ0) is 24.5. The number of carbonyl (C=O) groups excluding carboxylic acids is 2. The van der Waals surface area contributed by atoms with Crippen LogP contribution in [0.5, 0.6) is 0 Å². The average molecular weight is 513 g/mol. The third-order valence-corrected chi connectivity index (χ3v) is 6.48. The van der Waals surface area contributed by atoms with Gasteiger partial charge in [0.15, 0.2) is 5.69 Å². The van der Waals surface area contributed by atoms with E-state index in [9.17, 15) is 9.59 Å². The number of H-pyrrole nitrogens is 2. The summed E-state index contributed by atoms with van der Waals surface area (Å²) in [5.74, 6) is -0.945. The molecule has 0 unspecified atom stereocenters.